The monoisotopic (exact) mass is 399 g/mol. The van der Waals surface area contributed by atoms with Gasteiger partial charge in [0.15, 0.2) is 0 Å². The van der Waals surface area contributed by atoms with Gasteiger partial charge in [-0.3, -0.25) is 0 Å². The van der Waals surface area contributed by atoms with Crippen LogP contribution in [-0.4, -0.2) is 49.8 Å². The third-order valence-electron chi connectivity index (χ3n) is 5.02. The molecule has 1 aliphatic carbocycles. The maximum atomic E-state index is 9.81. The third-order valence-corrected chi connectivity index (χ3v) is 5.02. The highest BCUT2D eigenvalue weighted by Crippen LogP contribution is 2.29. The number of nitrogens with one attached hydrogen (secondary N) is 3. The zero-order valence-corrected chi connectivity index (χ0v) is 17.6. The number of aliphatic hydroxyl groups excluding tert-OH is 1. The average molecular weight is 400 g/mol. The van der Waals surface area contributed by atoms with E-state index in [0.29, 0.717) is 5.95 Å². The second kappa shape index (κ2) is 10.3. The number of aliphatic hydroxyl groups is 1. The van der Waals surface area contributed by atoms with Crippen LogP contribution in [0.5, 0.6) is 0 Å². The minimum Gasteiger partial charge on any atom is -0.393 e. The van der Waals surface area contributed by atoms with Gasteiger partial charge in [-0.2, -0.15) is 4.98 Å². The Hall–Kier alpha value is -2.48. The Morgan fingerprint density at radius 1 is 1.14 bits per heavy atom. The molecule has 0 radical (unpaired) electrons. The van der Waals surface area contributed by atoms with Crippen LogP contribution in [-0.2, 0) is 0 Å². The van der Waals surface area contributed by atoms with Gasteiger partial charge < -0.3 is 21.1 Å². The van der Waals surface area contributed by atoms with Crippen LogP contribution in [0.15, 0.2) is 18.6 Å². The second-order valence-corrected chi connectivity index (χ2v) is 7.97. The van der Waals surface area contributed by atoms with Crippen molar-refractivity contribution in [3.63, 3.8) is 0 Å². The predicted molar refractivity (Wildman–Crippen MR) is 117 cm³/mol. The Kier molecular flexibility index (Phi) is 7.57. The predicted octanol–water partition coefficient (Wildman–Crippen LogP) is 3.68. The molecule has 0 amide bonds. The van der Waals surface area contributed by atoms with Crippen LogP contribution in [0.1, 0.15) is 59.3 Å². The van der Waals surface area contributed by atoms with Crippen molar-refractivity contribution >= 4 is 17.6 Å². The Bertz CT molecular complexity index is 775. The van der Waals surface area contributed by atoms with Crippen molar-refractivity contribution in [2.75, 3.05) is 22.5 Å². The van der Waals surface area contributed by atoms with Crippen LogP contribution in [0, 0.1) is 0 Å². The highest BCUT2D eigenvalue weighted by atomic mass is 16.3. The van der Waals surface area contributed by atoms with E-state index in [-0.39, 0.29) is 18.2 Å². The summed E-state index contributed by atoms with van der Waals surface area (Å²) >= 11 is 0. The number of unbranched alkanes of at least 4 members (excludes halogenated alkanes) is 1. The summed E-state index contributed by atoms with van der Waals surface area (Å²) in [6.45, 7) is 7.16. The first-order valence-electron chi connectivity index (χ1n) is 10.7. The van der Waals surface area contributed by atoms with Gasteiger partial charge in [0.1, 0.15) is 18.0 Å². The van der Waals surface area contributed by atoms with Crippen molar-refractivity contribution in [3.8, 4) is 11.3 Å². The van der Waals surface area contributed by atoms with E-state index in [9.17, 15) is 5.11 Å². The highest BCUT2D eigenvalue weighted by molar-refractivity contribution is 5.74. The van der Waals surface area contributed by atoms with E-state index in [1.54, 1.807) is 6.33 Å². The number of hydrogen-bond donors (Lipinski definition) is 4. The van der Waals surface area contributed by atoms with Gasteiger partial charge in [-0.1, -0.05) is 13.3 Å². The van der Waals surface area contributed by atoms with Gasteiger partial charge in [0.25, 0.3) is 0 Å². The minimum absolute atomic E-state index is 0.185. The van der Waals surface area contributed by atoms with E-state index in [0.717, 1.165) is 68.0 Å². The van der Waals surface area contributed by atoms with Crippen LogP contribution in [0.4, 0.5) is 17.6 Å². The molecule has 2 heterocycles. The maximum Gasteiger partial charge on any atom is 0.224 e. The van der Waals surface area contributed by atoms with E-state index in [2.05, 4.69) is 51.7 Å². The molecule has 2 aromatic heterocycles. The molecule has 0 aliphatic heterocycles. The summed E-state index contributed by atoms with van der Waals surface area (Å²) in [5.74, 6) is 2.17. The van der Waals surface area contributed by atoms with Gasteiger partial charge in [0.2, 0.25) is 5.95 Å². The lowest BCUT2D eigenvalue weighted by Gasteiger charge is -2.27. The number of nitrogens with zero attached hydrogens (tertiary/aromatic N) is 4. The Morgan fingerprint density at radius 2 is 1.93 bits per heavy atom. The van der Waals surface area contributed by atoms with Gasteiger partial charge in [-0.15, -0.1) is 0 Å². The lowest BCUT2D eigenvalue weighted by molar-refractivity contribution is 0.126. The van der Waals surface area contributed by atoms with E-state index in [1.165, 1.54) is 0 Å². The molecule has 2 aromatic rings. The van der Waals surface area contributed by atoms with Gasteiger partial charge in [0.05, 0.1) is 17.4 Å². The molecular formula is C21H33N7O. The minimum atomic E-state index is -0.185. The first-order chi connectivity index (χ1) is 14.0. The zero-order chi connectivity index (χ0) is 20.6. The van der Waals surface area contributed by atoms with Crippen LogP contribution in [0.2, 0.25) is 0 Å². The van der Waals surface area contributed by atoms with Gasteiger partial charge in [-0.05, 0) is 46.0 Å². The summed E-state index contributed by atoms with van der Waals surface area (Å²) < 4.78 is 0. The molecule has 0 aromatic carbocycles. The lowest BCUT2D eigenvalue weighted by Crippen LogP contribution is -2.29. The van der Waals surface area contributed by atoms with Crippen LogP contribution in [0.25, 0.3) is 11.3 Å². The molecule has 8 heteroatoms. The van der Waals surface area contributed by atoms with Crippen molar-refractivity contribution in [1.82, 2.24) is 19.9 Å². The third kappa shape index (κ3) is 6.25. The molecule has 1 aliphatic rings. The normalized spacial score (nSPS) is 19.2. The summed E-state index contributed by atoms with van der Waals surface area (Å²) in [7, 11) is 0. The molecule has 0 saturated heterocycles. The van der Waals surface area contributed by atoms with Gasteiger partial charge >= 0.3 is 0 Å². The molecule has 3 rings (SSSR count). The average Bonchev–Trinajstić information content (AvgIpc) is 2.70. The van der Waals surface area contributed by atoms with Crippen molar-refractivity contribution in [2.45, 2.75) is 77.5 Å². The largest absolute Gasteiger partial charge is 0.393 e. The quantitative estimate of drug-likeness (QED) is 0.473. The molecular weight excluding hydrogens is 366 g/mol. The fraction of sp³-hybridized carbons (Fsp3) is 0.619. The Morgan fingerprint density at radius 3 is 2.66 bits per heavy atom. The lowest BCUT2D eigenvalue weighted by atomic mass is 9.93. The molecule has 1 saturated carbocycles. The summed E-state index contributed by atoms with van der Waals surface area (Å²) in [5.41, 5.74) is 1.63. The molecule has 0 unspecified atom stereocenters. The standard InChI is InChI=1S/C21H33N7O/c1-4-5-10-22-21-23-12-17(18-11-19(25-13-24-18)26-14(2)3)20(28-21)27-15-6-8-16(29)9-7-15/h11-16,29H,4-10H2,1-3H3,(H,24,25,26)(H2,22,23,27,28). The van der Waals surface area contributed by atoms with Crippen LogP contribution in [0.3, 0.4) is 0 Å². The van der Waals surface area contributed by atoms with Gasteiger partial charge in [0, 0.05) is 30.9 Å². The van der Waals surface area contributed by atoms with E-state index in [4.69, 9.17) is 4.98 Å². The molecule has 8 nitrogen and oxygen atoms in total. The number of anilines is 3. The first kappa shape index (κ1) is 21.2. The Balaban J connectivity index is 1.86. The first-order valence-corrected chi connectivity index (χ1v) is 10.7. The van der Waals surface area contributed by atoms with Crippen molar-refractivity contribution < 1.29 is 5.11 Å². The SMILES string of the molecule is CCCCNc1ncc(-c2cc(NC(C)C)ncn2)c(NC2CCC(O)CC2)n1. The van der Waals surface area contributed by atoms with E-state index in [1.807, 2.05) is 12.3 Å². The van der Waals surface area contributed by atoms with E-state index >= 15 is 0 Å². The zero-order valence-electron chi connectivity index (χ0n) is 17.6. The Labute approximate surface area is 173 Å². The molecule has 0 atom stereocenters. The van der Waals surface area contributed by atoms with Gasteiger partial charge in [-0.25, -0.2) is 15.0 Å². The smallest absolute Gasteiger partial charge is 0.224 e. The fourth-order valence-corrected chi connectivity index (χ4v) is 3.43. The summed E-state index contributed by atoms with van der Waals surface area (Å²) in [6, 6.07) is 2.50. The van der Waals surface area contributed by atoms with Crippen LogP contribution < -0.4 is 16.0 Å². The number of hydrogen-bond acceptors (Lipinski definition) is 8. The molecule has 0 spiro atoms. The fourth-order valence-electron chi connectivity index (χ4n) is 3.43. The summed E-state index contributed by atoms with van der Waals surface area (Å²) in [6.07, 6.45) is 8.87. The van der Waals surface area contributed by atoms with Crippen molar-refractivity contribution in [1.29, 1.82) is 0 Å². The van der Waals surface area contributed by atoms with Crippen molar-refractivity contribution in [2.24, 2.45) is 0 Å². The van der Waals surface area contributed by atoms with Crippen molar-refractivity contribution in [3.05, 3.63) is 18.6 Å². The number of rotatable bonds is 9. The molecule has 158 valence electrons. The maximum absolute atomic E-state index is 9.81. The second-order valence-electron chi connectivity index (χ2n) is 7.97. The molecule has 1 fully saturated rings. The van der Waals surface area contributed by atoms with E-state index < -0.39 is 0 Å². The molecule has 29 heavy (non-hydrogen) atoms. The topological polar surface area (TPSA) is 108 Å². The summed E-state index contributed by atoms with van der Waals surface area (Å²) in [4.78, 5) is 18.0. The van der Waals surface area contributed by atoms with Crippen LogP contribution >= 0.6 is 0 Å². The summed E-state index contributed by atoms with van der Waals surface area (Å²) in [5, 5.41) is 20.0. The highest BCUT2D eigenvalue weighted by Gasteiger charge is 2.21. The molecule has 0 bridgehead atoms. The molecule has 4 N–H and O–H groups in total. The number of aromatic nitrogens is 4.